The number of carbonyl (C=O) groups excluding carboxylic acids is 2. The zero-order valence-corrected chi connectivity index (χ0v) is 16.0. The molecule has 0 unspecified atom stereocenters. The molecule has 2 aromatic carbocycles. The summed E-state index contributed by atoms with van der Waals surface area (Å²) in [7, 11) is 1.51. The lowest BCUT2D eigenvalue weighted by atomic mass is 10.2. The molecule has 152 valence electrons. The molecule has 0 saturated heterocycles. The quantitative estimate of drug-likeness (QED) is 0.474. The summed E-state index contributed by atoms with van der Waals surface area (Å²) < 4.78 is 21.8. The first-order chi connectivity index (χ1) is 14.6. The van der Waals surface area contributed by atoms with Gasteiger partial charge in [-0.1, -0.05) is 30.3 Å². The van der Waals surface area contributed by atoms with Gasteiger partial charge in [-0.15, -0.1) is 0 Å². The van der Waals surface area contributed by atoms with Gasteiger partial charge in [-0.2, -0.15) is 0 Å². The molecule has 0 saturated carbocycles. The SMILES string of the molecule is COc1cccc2cc(C(=O)NNC(=O)c3ccc(COc4ccccc4)o3)oc12. The van der Waals surface area contributed by atoms with Gasteiger partial charge in [0.25, 0.3) is 0 Å². The molecule has 2 amide bonds. The van der Waals surface area contributed by atoms with E-state index in [2.05, 4.69) is 10.9 Å². The number of para-hydroxylation sites is 2. The van der Waals surface area contributed by atoms with Crippen molar-refractivity contribution in [1.82, 2.24) is 10.9 Å². The fourth-order valence-electron chi connectivity index (χ4n) is 2.79. The number of hydrogen-bond acceptors (Lipinski definition) is 6. The summed E-state index contributed by atoms with van der Waals surface area (Å²) in [5.41, 5.74) is 5.04. The molecular weight excluding hydrogens is 388 g/mol. The van der Waals surface area contributed by atoms with E-state index in [1.165, 1.54) is 13.2 Å². The van der Waals surface area contributed by atoms with E-state index in [9.17, 15) is 9.59 Å². The van der Waals surface area contributed by atoms with E-state index < -0.39 is 11.8 Å². The third-order valence-corrected chi connectivity index (χ3v) is 4.25. The smallest absolute Gasteiger partial charge is 0.305 e. The van der Waals surface area contributed by atoms with Crippen LogP contribution >= 0.6 is 0 Å². The van der Waals surface area contributed by atoms with Crippen LogP contribution < -0.4 is 20.3 Å². The maximum absolute atomic E-state index is 12.3. The molecule has 0 aliphatic rings. The summed E-state index contributed by atoms with van der Waals surface area (Å²) in [6.07, 6.45) is 0. The molecular formula is C22H18N2O6. The van der Waals surface area contributed by atoms with Crippen LogP contribution in [0.3, 0.4) is 0 Å². The fraction of sp³-hybridized carbons (Fsp3) is 0.0909. The Hall–Kier alpha value is -4.20. The van der Waals surface area contributed by atoms with Gasteiger partial charge in [0.1, 0.15) is 18.1 Å². The molecule has 8 nitrogen and oxygen atoms in total. The molecule has 2 heterocycles. The maximum Gasteiger partial charge on any atom is 0.305 e. The minimum atomic E-state index is -0.610. The van der Waals surface area contributed by atoms with Crippen LogP contribution in [0.2, 0.25) is 0 Å². The second-order valence-electron chi connectivity index (χ2n) is 6.27. The molecule has 0 bridgehead atoms. The van der Waals surface area contributed by atoms with Crippen molar-refractivity contribution in [3.05, 3.63) is 84.0 Å². The predicted molar refractivity (Wildman–Crippen MR) is 107 cm³/mol. The van der Waals surface area contributed by atoms with E-state index in [-0.39, 0.29) is 18.1 Å². The van der Waals surface area contributed by atoms with Gasteiger partial charge in [-0.25, -0.2) is 0 Å². The zero-order valence-electron chi connectivity index (χ0n) is 16.0. The average molecular weight is 406 g/mol. The Morgan fingerprint density at radius 2 is 1.63 bits per heavy atom. The molecule has 0 fully saturated rings. The Kier molecular flexibility index (Phi) is 5.38. The Bertz CT molecular complexity index is 1180. The molecule has 0 radical (unpaired) electrons. The first-order valence-electron chi connectivity index (χ1n) is 9.08. The number of carbonyl (C=O) groups is 2. The Morgan fingerprint density at radius 3 is 2.40 bits per heavy atom. The lowest BCUT2D eigenvalue weighted by molar-refractivity contribution is 0.0816. The van der Waals surface area contributed by atoms with Gasteiger partial charge in [0.05, 0.1) is 7.11 Å². The molecule has 0 atom stereocenters. The van der Waals surface area contributed by atoms with E-state index in [4.69, 9.17) is 18.3 Å². The summed E-state index contributed by atoms with van der Waals surface area (Å²) >= 11 is 0. The van der Waals surface area contributed by atoms with Gasteiger partial charge in [0.2, 0.25) is 0 Å². The largest absolute Gasteiger partial charge is 0.493 e. The number of rotatable bonds is 6. The van der Waals surface area contributed by atoms with Crippen LogP contribution in [0.15, 0.2) is 75.6 Å². The number of furan rings is 2. The normalized spacial score (nSPS) is 10.6. The number of nitrogens with one attached hydrogen (secondary N) is 2. The summed E-state index contributed by atoms with van der Waals surface area (Å²) in [5, 5.41) is 0.708. The lowest BCUT2D eigenvalue weighted by Gasteiger charge is -2.04. The van der Waals surface area contributed by atoms with E-state index in [1.807, 2.05) is 30.3 Å². The van der Waals surface area contributed by atoms with E-state index in [0.29, 0.717) is 28.2 Å². The number of fused-ring (bicyclic) bond motifs is 1. The Labute approximate surface area is 171 Å². The van der Waals surface area contributed by atoms with Crippen molar-refractivity contribution >= 4 is 22.8 Å². The predicted octanol–water partition coefficient (Wildman–Crippen LogP) is 3.69. The molecule has 0 spiro atoms. The minimum Gasteiger partial charge on any atom is -0.493 e. The van der Waals surface area contributed by atoms with Gasteiger partial charge in [0.15, 0.2) is 22.9 Å². The highest BCUT2D eigenvalue weighted by Crippen LogP contribution is 2.28. The van der Waals surface area contributed by atoms with Crippen molar-refractivity contribution in [2.45, 2.75) is 6.61 Å². The molecule has 4 aromatic rings. The van der Waals surface area contributed by atoms with Crippen LogP contribution in [0, 0.1) is 0 Å². The molecule has 8 heteroatoms. The molecule has 2 N–H and O–H groups in total. The Morgan fingerprint density at radius 1 is 0.867 bits per heavy atom. The van der Waals surface area contributed by atoms with Crippen molar-refractivity contribution in [3.8, 4) is 11.5 Å². The maximum atomic E-state index is 12.3. The number of hydrazine groups is 1. The van der Waals surface area contributed by atoms with Crippen molar-refractivity contribution in [2.24, 2.45) is 0 Å². The summed E-state index contributed by atoms with van der Waals surface area (Å²) in [6, 6.07) is 19.2. The average Bonchev–Trinajstić information content (AvgIpc) is 3.43. The van der Waals surface area contributed by atoms with E-state index >= 15 is 0 Å². The van der Waals surface area contributed by atoms with Crippen LogP contribution in [0.5, 0.6) is 11.5 Å². The number of hydrogen-bond donors (Lipinski definition) is 2. The van der Waals surface area contributed by atoms with Crippen LogP contribution in [0.1, 0.15) is 26.9 Å². The van der Waals surface area contributed by atoms with Crippen LogP contribution in [0.25, 0.3) is 11.0 Å². The summed E-state index contributed by atoms with van der Waals surface area (Å²) in [5.74, 6) is 0.522. The van der Waals surface area contributed by atoms with Gasteiger partial charge >= 0.3 is 11.8 Å². The third-order valence-electron chi connectivity index (χ3n) is 4.25. The van der Waals surface area contributed by atoms with Gasteiger partial charge in [-0.3, -0.25) is 20.4 Å². The first-order valence-corrected chi connectivity index (χ1v) is 9.08. The van der Waals surface area contributed by atoms with Crippen molar-refractivity contribution in [3.63, 3.8) is 0 Å². The topological polar surface area (TPSA) is 103 Å². The zero-order chi connectivity index (χ0) is 20.9. The highest BCUT2D eigenvalue weighted by molar-refractivity contribution is 5.99. The Balaban J connectivity index is 1.34. The number of methoxy groups -OCH3 is 1. The van der Waals surface area contributed by atoms with Gasteiger partial charge < -0.3 is 18.3 Å². The van der Waals surface area contributed by atoms with Gasteiger partial charge in [-0.05, 0) is 36.4 Å². The van der Waals surface area contributed by atoms with Crippen LogP contribution in [-0.4, -0.2) is 18.9 Å². The fourth-order valence-corrected chi connectivity index (χ4v) is 2.79. The molecule has 30 heavy (non-hydrogen) atoms. The molecule has 4 rings (SSSR count). The molecule has 2 aromatic heterocycles. The summed E-state index contributed by atoms with van der Waals surface area (Å²) in [4.78, 5) is 24.5. The number of amides is 2. The number of benzene rings is 2. The molecule has 0 aliphatic carbocycles. The lowest BCUT2D eigenvalue weighted by Crippen LogP contribution is -2.41. The van der Waals surface area contributed by atoms with Crippen molar-refractivity contribution in [1.29, 1.82) is 0 Å². The van der Waals surface area contributed by atoms with Crippen molar-refractivity contribution in [2.75, 3.05) is 7.11 Å². The third kappa shape index (κ3) is 4.12. The highest BCUT2D eigenvalue weighted by Gasteiger charge is 2.17. The van der Waals surface area contributed by atoms with Crippen molar-refractivity contribution < 1.29 is 27.9 Å². The van der Waals surface area contributed by atoms with Gasteiger partial charge in [0, 0.05) is 5.39 Å². The first kappa shape index (κ1) is 19.1. The minimum absolute atomic E-state index is 0.0335. The monoisotopic (exact) mass is 406 g/mol. The van der Waals surface area contributed by atoms with Crippen LogP contribution in [-0.2, 0) is 6.61 Å². The van der Waals surface area contributed by atoms with E-state index in [1.54, 1.807) is 30.3 Å². The second-order valence-corrected chi connectivity index (χ2v) is 6.27. The highest BCUT2D eigenvalue weighted by atomic mass is 16.5. The standard InChI is InChI=1S/C22H18N2O6/c1-27-17-9-5-6-14-12-19(30-20(14)17)22(26)24-23-21(25)18-11-10-16(29-18)13-28-15-7-3-2-4-8-15/h2-12H,13H2,1H3,(H,23,25)(H,24,26). The second kappa shape index (κ2) is 8.44. The molecule has 0 aliphatic heterocycles. The van der Waals surface area contributed by atoms with E-state index in [0.717, 1.165) is 0 Å². The van der Waals surface area contributed by atoms with Crippen LogP contribution in [0.4, 0.5) is 0 Å². The number of ether oxygens (including phenoxy) is 2. The summed E-state index contributed by atoms with van der Waals surface area (Å²) in [6.45, 7) is 0.171.